The Labute approximate surface area is 120 Å². The number of halogens is 1. The zero-order valence-corrected chi connectivity index (χ0v) is 12.4. The van der Waals surface area contributed by atoms with Crippen LogP contribution in [0.15, 0.2) is 24.3 Å². The highest BCUT2D eigenvalue weighted by molar-refractivity contribution is 7.89. The molecule has 1 aromatic carbocycles. The quantitative estimate of drug-likeness (QED) is 0.713. The van der Waals surface area contributed by atoms with Gasteiger partial charge >= 0.3 is 0 Å². The first kappa shape index (κ1) is 16.4. The summed E-state index contributed by atoms with van der Waals surface area (Å²) in [6.45, 7) is 1.22. The van der Waals surface area contributed by atoms with E-state index in [1.165, 1.54) is 0 Å². The Hall–Kier alpha value is -0.620. The van der Waals surface area contributed by atoms with Crippen molar-refractivity contribution in [2.24, 2.45) is 5.14 Å². The van der Waals surface area contributed by atoms with E-state index in [-0.39, 0.29) is 5.75 Å². The molecule has 6 heteroatoms. The normalized spacial score (nSPS) is 11.7. The Morgan fingerprint density at radius 1 is 1.16 bits per heavy atom. The second kappa shape index (κ2) is 8.53. The van der Waals surface area contributed by atoms with Crippen LogP contribution in [-0.4, -0.2) is 20.8 Å². The Balaban J connectivity index is 2.00. The summed E-state index contributed by atoms with van der Waals surface area (Å²) in [7, 11) is -3.31. The highest BCUT2D eigenvalue weighted by Crippen LogP contribution is 2.11. The van der Waals surface area contributed by atoms with E-state index in [0.29, 0.717) is 24.7 Å². The summed E-state index contributed by atoms with van der Waals surface area (Å²) < 4.78 is 26.9. The van der Waals surface area contributed by atoms with Crippen LogP contribution in [0.25, 0.3) is 0 Å². The summed E-state index contributed by atoms with van der Waals surface area (Å²) in [4.78, 5) is 0. The van der Waals surface area contributed by atoms with Crippen LogP contribution in [0.2, 0.25) is 5.02 Å². The number of unbranched alkanes of at least 4 members (excludes halogenated alkanes) is 3. The van der Waals surface area contributed by atoms with Crippen LogP contribution in [0.1, 0.15) is 31.2 Å². The van der Waals surface area contributed by atoms with Crippen LogP contribution in [0.5, 0.6) is 0 Å². The van der Waals surface area contributed by atoms with E-state index < -0.39 is 10.0 Å². The molecule has 0 aliphatic carbocycles. The molecule has 0 aliphatic heterocycles. The largest absolute Gasteiger partial charge is 0.377 e. The molecule has 0 fully saturated rings. The van der Waals surface area contributed by atoms with E-state index in [4.69, 9.17) is 21.5 Å². The number of hydrogen-bond acceptors (Lipinski definition) is 3. The second-order valence-electron chi connectivity index (χ2n) is 4.46. The molecular formula is C13H20ClNO3S. The molecule has 1 rings (SSSR count). The van der Waals surface area contributed by atoms with E-state index in [1.54, 1.807) is 0 Å². The predicted octanol–water partition coefficient (Wildman–Crippen LogP) is 2.71. The summed E-state index contributed by atoms with van der Waals surface area (Å²) in [5.41, 5.74) is 1.06. The van der Waals surface area contributed by atoms with Gasteiger partial charge in [-0.3, -0.25) is 0 Å². The van der Waals surface area contributed by atoms with Gasteiger partial charge in [0.15, 0.2) is 0 Å². The molecule has 0 aliphatic rings. The number of primary sulfonamides is 1. The van der Waals surface area contributed by atoms with Crippen LogP contribution in [-0.2, 0) is 21.4 Å². The third-order valence-electron chi connectivity index (χ3n) is 2.63. The fraction of sp³-hybridized carbons (Fsp3) is 0.538. The first-order chi connectivity index (χ1) is 8.97. The maximum absolute atomic E-state index is 10.7. The van der Waals surface area contributed by atoms with Crippen LogP contribution in [0.4, 0.5) is 0 Å². The molecule has 0 saturated carbocycles. The van der Waals surface area contributed by atoms with Gasteiger partial charge < -0.3 is 4.74 Å². The molecular weight excluding hydrogens is 286 g/mol. The molecule has 0 amide bonds. The Kier molecular flexibility index (Phi) is 7.38. The molecule has 0 bridgehead atoms. The van der Waals surface area contributed by atoms with Crippen molar-refractivity contribution >= 4 is 21.6 Å². The molecule has 0 radical (unpaired) electrons. The van der Waals surface area contributed by atoms with Gasteiger partial charge in [0.25, 0.3) is 0 Å². The van der Waals surface area contributed by atoms with Crippen molar-refractivity contribution in [2.45, 2.75) is 32.3 Å². The van der Waals surface area contributed by atoms with Crippen LogP contribution < -0.4 is 5.14 Å². The molecule has 0 heterocycles. The fourth-order valence-electron chi connectivity index (χ4n) is 1.68. The minimum atomic E-state index is -3.31. The molecule has 0 aromatic heterocycles. The maximum atomic E-state index is 10.7. The van der Waals surface area contributed by atoms with Crippen molar-refractivity contribution in [3.05, 3.63) is 34.9 Å². The van der Waals surface area contributed by atoms with E-state index in [9.17, 15) is 8.42 Å². The zero-order chi connectivity index (χ0) is 14.1. The van der Waals surface area contributed by atoms with Gasteiger partial charge in [0.2, 0.25) is 10.0 Å². The molecule has 2 N–H and O–H groups in total. The summed E-state index contributed by atoms with van der Waals surface area (Å²) in [6, 6.07) is 7.58. The van der Waals surface area contributed by atoms with Crippen LogP contribution in [0.3, 0.4) is 0 Å². The second-order valence-corrected chi connectivity index (χ2v) is 6.63. The Morgan fingerprint density at radius 3 is 2.58 bits per heavy atom. The molecule has 19 heavy (non-hydrogen) atoms. The summed E-state index contributed by atoms with van der Waals surface area (Å²) >= 11 is 5.86. The van der Waals surface area contributed by atoms with Crippen LogP contribution >= 0.6 is 11.6 Å². The molecule has 108 valence electrons. The Morgan fingerprint density at radius 2 is 1.89 bits per heavy atom. The zero-order valence-electron chi connectivity index (χ0n) is 10.8. The van der Waals surface area contributed by atoms with Crippen molar-refractivity contribution in [3.8, 4) is 0 Å². The number of ether oxygens (including phenoxy) is 1. The lowest BCUT2D eigenvalue weighted by molar-refractivity contribution is 0.117. The Bertz CT molecular complexity index is 477. The number of sulfonamides is 1. The van der Waals surface area contributed by atoms with E-state index >= 15 is 0 Å². The molecule has 1 aromatic rings. The maximum Gasteiger partial charge on any atom is 0.209 e. The van der Waals surface area contributed by atoms with Gasteiger partial charge in [-0.1, -0.05) is 36.6 Å². The minimum Gasteiger partial charge on any atom is -0.377 e. The van der Waals surface area contributed by atoms with Gasteiger partial charge in [-0.25, -0.2) is 13.6 Å². The van der Waals surface area contributed by atoms with Crippen molar-refractivity contribution in [1.29, 1.82) is 0 Å². The van der Waals surface area contributed by atoms with Gasteiger partial charge in [0.1, 0.15) is 0 Å². The smallest absolute Gasteiger partial charge is 0.209 e. The lowest BCUT2D eigenvalue weighted by Gasteiger charge is -2.05. The fourth-order valence-corrected chi connectivity index (χ4v) is 2.50. The van der Waals surface area contributed by atoms with Crippen molar-refractivity contribution in [2.75, 3.05) is 12.4 Å². The number of hydrogen-bond donors (Lipinski definition) is 1. The van der Waals surface area contributed by atoms with Crippen molar-refractivity contribution in [1.82, 2.24) is 0 Å². The number of nitrogens with two attached hydrogens (primary N) is 1. The highest BCUT2D eigenvalue weighted by Gasteiger charge is 2.01. The standard InChI is InChI=1S/C13H20ClNO3S/c14-13-7-5-6-12(10-13)11-18-8-3-1-2-4-9-19(15,16)17/h5-7,10H,1-4,8-9,11H2,(H2,15,16,17). The SMILES string of the molecule is NS(=O)(=O)CCCCCCOCc1cccc(Cl)c1. The molecule has 0 spiro atoms. The lowest BCUT2D eigenvalue weighted by atomic mass is 10.2. The highest BCUT2D eigenvalue weighted by atomic mass is 35.5. The topological polar surface area (TPSA) is 69.4 Å². The van der Waals surface area contributed by atoms with Gasteiger partial charge in [-0.05, 0) is 30.5 Å². The number of benzene rings is 1. The summed E-state index contributed by atoms with van der Waals surface area (Å²) in [5.74, 6) is 0.0658. The predicted molar refractivity (Wildman–Crippen MR) is 77.6 cm³/mol. The molecule has 0 unspecified atom stereocenters. The molecule has 4 nitrogen and oxygen atoms in total. The first-order valence-electron chi connectivity index (χ1n) is 6.30. The first-order valence-corrected chi connectivity index (χ1v) is 8.39. The van der Waals surface area contributed by atoms with E-state index in [0.717, 1.165) is 24.8 Å². The summed E-state index contributed by atoms with van der Waals surface area (Å²) in [5, 5.41) is 5.62. The monoisotopic (exact) mass is 305 g/mol. The van der Waals surface area contributed by atoms with Crippen LogP contribution in [0, 0.1) is 0 Å². The van der Waals surface area contributed by atoms with Gasteiger partial charge in [-0.15, -0.1) is 0 Å². The van der Waals surface area contributed by atoms with E-state index in [1.807, 2.05) is 24.3 Å². The average molecular weight is 306 g/mol. The van der Waals surface area contributed by atoms with Gasteiger partial charge in [0.05, 0.1) is 12.4 Å². The number of rotatable bonds is 9. The minimum absolute atomic E-state index is 0.0658. The van der Waals surface area contributed by atoms with E-state index in [2.05, 4.69) is 0 Å². The third-order valence-corrected chi connectivity index (χ3v) is 3.72. The molecule has 0 saturated heterocycles. The van der Waals surface area contributed by atoms with Crippen molar-refractivity contribution in [3.63, 3.8) is 0 Å². The van der Waals surface area contributed by atoms with Gasteiger partial charge in [0, 0.05) is 11.6 Å². The third kappa shape index (κ3) is 8.99. The average Bonchev–Trinajstić information content (AvgIpc) is 2.31. The van der Waals surface area contributed by atoms with Gasteiger partial charge in [-0.2, -0.15) is 0 Å². The summed E-state index contributed by atoms with van der Waals surface area (Å²) in [6.07, 6.45) is 3.35. The molecule has 0 atom stereocenters. The lowest BCUT2D eigenvalue weighted by Crippen LogP contribution is -2.16. The van der Waals surface area contributed by atoms with Crippen molar-refractivity contribution < 1.29 is 13.2 Å².